The van der Waals surface area contributed by atoms with Gasteiger partial charge in [-0.1, -0.05) is 15.9 Å². The van der Waals surface area contributed by atoms with Crippen LogP contribution in [0.4, 0.5) is 0 Å². The van der Waals surface area contributed by atoms with Crippen LogP contribution in [0.5, 0.6) is 0 Å². The van der Waals surface area contributed by atoms with Gasteiger partial charge in [0.15, 0.2) is 5.69 Å². The van der Waals surface area contributed by atoms with E-state index < -0.39 is 0 Å². The molecule has 1 aromatic carbocycles. The van der Waals surface area contributed by atoms with Gasteiger partial charge in [0.2, 0.25) is 0 Å². The van der Waals surface area contributed by atoms with Crippen LogP contribution in [0.15, 0.2) is 22.7 Å². The number of ether oxygens (including phenoxy) is 1. The Labute approximate surface area is 148 Å². The zero-order valence-electron chi connectivity index (χ0n) is 13.4. The van der Waals surface area contributed by atoms with E-state index in [1.165, 1.54) is 0 Å². The number of hydrogen-bond acceptors (Lipinski definition) is 4. The summed E-state index contributed by atoms with van der Waals surface area (Å²) in [6, 6.07) is 5.74. The summed E-state index contributed by atoms with van der Waals surface area (Å²) in [5.41, 5.74) is 1.60. The number of amides is 1. The quantitative estimate of drug-likeness (QED) is 0.747. The Kier molecular flexibility index (Phi) is 4.32. The molecule has 0 bridgehead atoms. The van der Waals surface area contributed by atoms with E-state index in [-0.39, 0.29) is 12.0 Å². The van der Waals surface area contributed by atoms with Crippen molar-refractivity contribution in [3.63, 3.8) is 0 Å². The summed E-state index contributed by atoms with van der Waals surface area (Å²) in [6.45, 7) is 3.48. The number of H-pyrrole nitrogens is 1. The van der Waals surface area contributed by atoms with E-state index in [4.69, 9.17) is 4.74 Å². The summed E-state index contributed by atoms with van der Waals surface area (Å²) >= 11 is 3.44. The van der Waals surface area contributed by atoms with Crippen molar-refractivity contribution >= 4 is 32.7 Å². The van der Waals surface area contributed by atoms with Gasteiger partial charge in [0.1, 0.15) is 0 Å². The standard InChI is InChI=1S/C17H21BrN4O2/c18-11-1-2-14-13(7-11)15(22-21-14)16(23)20-9-12-8-17(10-24-12)3-5-19-6-4-17/h1-2,7,12,19H,3-6,8-10H2,(H,20,23)(H,21,22). The van der Waals surface area contributed by atoms with Crippen molar-refractivity contribution in [1.82, 2.24) is 20.8 Å². The van der Waals surface area contributed by atoms with Crippen molar-refractivity contribution in [2.24, 2.45) is 5.41 Å². The van der Waals surface area contributed by atoms with Crippen LogP contribution in [0.2, 0.25) is 0 Å². The molecule has 2 fully saturated rings. The van der Waals surface area contributed by atoms with Gasteiger partial charge in [-0.05, 0) is 56.0 Å². The molecule has 1 unspecified atom stereocenters. The van der Waals surface area contributed by atoms with Crippen LogP contribution in [0, 0.1) is 5.41 Å². The molecule has 7 heteroatoms. The van der Waals surface area contributed by atoms with Gasteiger partial charge in [-0.3, -0.25) is 9.89 Å². The summed E-state index contributed by atoms with van der Waals surface area (Å²) < 4.78 is 6.87. The van der Waals surface area contributed by atoms with Crippen LogP contribution in [-0.4, -0.2) is 48.4 Å². The van der Waals surface area contributed by atoms with E-state index in [2.05, 4.69) is 36.8 Å². The van der Waals surface area contributed by atoms with Crippen molar-refractivity contribution in [3.8, 4) is 0 Å². The number of benzene rings is 1. The van der Waals surface area contributed by atoms with E-state index in [1.807, 2.05) is 18.2 Å². The Morgan fingerprint density at radius 1 is 1.42 bits per heavy atom. The molecule has 4 rings (SSSR count). The minimum atomic E-state index is -0.158. The summed E-state index contributed by atoms with van der Waals surface area (Å²) in [5, 5.41) is 14.3. The molecule has 2 aromatic rings. The number of fused-ring (bicyclic) bond motifs is 1. The van der Waals surface area contributed by atoms with E-state index >= 15 is 0 Å². The van der Waals surface area contributed by atoms with Gasteiger partial charge in [-0.25, -0.2) is 0 Å². The molecule has 1 spiro atoms. The predicted octanol–water partition coefficient (Wildman–Crippen LogP) is 2.21. The van der Waals surface area contributed by atoms with Crippen LogP contribution >= 0.6 is 15.9 Å². The second kappa shape index (κ2) is 6.46. The number of halogens is 1. The molecule has 0 saturated carbocycles. The summed E-state index contributed by atoms with van der Waals surface area (Å²) in [5.74, 6) is -0.158. The van der Waals surface area contributed by atoms with Crippen LogP contribution in [0.1, 0.15) is 29.8 Å². The van der Waals surface area contributed by atoms with Gasteiger partial charge < -0.3 is 15.4 Å². The molecule has 0 radical (unpaired) electrons. The van der Waals surface area contributed by atoms with Crippen LogP contribution in [0.3, 0.4) is 0 Å². The second-order valence-electron chi connectivity index (χ2n) is 6.86. The first-order valence-corrected chi connectivity index (χ1v) is 9.19. The number of piperidine rings is 1. The normalized spacial score (nSPS) is 23.0. The van der Waals surface area contributed by atoms with Crippen LogP contribution in [-0.2, 0) is 4.74 Å². The molecule has 3 heterocycles. The zero-order chi connectivity index (χ0) is 16.6. The number of nitrogens with one attached hydrogen (secondary N) is 3. The molecule has 2 aliphatic rings. The molecule has 3 N–H and O–H groups in total. The molecule has 1 amide bonds. The lowest BCUT2D eigenvalue weighted by atomic mass is 9.77. The molecule has 24 heavy (non-hydrogen) atoms. The number of hydrogen-bond donors (Lipinski definition) is 3. The van der Waals surface area contributed by atoms with E-state index in [0.717, 1.165) is 54.3 Å². The third-order valence-corrected chi connectivity index (χ3v) is 5.67. The summed E-state index contributed by atoms with van der Waals surface area (Å²) in [4.78, 5) is 12.5. The van der Waals surface area contributed by atoms with E-state index in [9.17, 15) is 4.79 Å². The number of carbonyl (C=O) groups is 1. The smallest absolute Gasteiger partial charge is 0.272 e. The SMILES string of the molecule is O=C(NCC1CC2(CCNCC2)CO1)c1n[nH]c2ccc(Br)cc12. The van der Waals surface area contributed by atoms with Gasteiger partial charge in [-0.2, -0.15) is 5.10 Å². The highest BCUT2D eigenvalue weighted by Crippen LogP contribution is 2.40. The van der Waals surface area contributed by atoms with Crippen molar-refractivity contribution in [2.45, 2.75) is 25.4 Å². The molecule has 6 nitrogen and oxygen atoms in total. The summed E-state index contributed by atoms with van der Waals surface area (Å²) in [6.07, 6.45) is 3.45. The molecule has 1 atom stereocenters. The third kappa shape index (κ3) is 3.08. The molecule has 128 valence electrons. The lowest BCUT2D eigenvalue weighted by molar-refractivity contribution is 0.0780. The van der Waals surface area contributed by atoms with Gasteiger partial charge in [0.05, 0.1) is 18.2 Å². The Bertz CT molecular complexity index is 754. The molecular formula is C17H21BrN4O2. The third-order valence-electron chi connectivity index (χ3n) is 5.18. The van der Waals surface area contributed by atoms with Gasteiger partial charge in [-0.15, -0.1) is 0 Å². The van der Waals surface area contributed by atoms with Crippen molar-refractivity contribution in [2.75, 3.05) is 26.2 Å². The Balaban J connectivity index is 1.39. The number of nitrogens with zero attached hydrogens (tertiary/aromatic N) is 1. The van der Waals surface area contributed by atoms with Crippen molar-refractivity contribution < 1.29 is 9.53 Å². The monoisotopic (exact) mass is 392 g/mol. The average molecular weight is 393 g/mol. The molecule has 0 aliphatic carbocycles. The van der Waals surface area contributed by atoms with Crippen molar-refractivity contribution in [1.29, 1.82) is 0 Å². The molecule has 2 saturated heterocycles. The number of aromatic amines is 1. The minimum absolute atomic E-state index is 0.101. The van der Waals surface area contributed by atoms with Gasteiger partial charge in [0.25, 0.3) is 5.91 Å². The fourth-order valence-corrected chi connectivity index (χ4v) is 4.14. The summed E-state index contributed by atoms with van der Waals surface area (Å²) in [7, 11) is 0. The van der Waals surface area contributed by atoms with Crippen LogP contribution in [0.25, 0.3) is 10.9 Å². The fourth-order valence-electron chi connectivity index (χ4n) is 3.78. The maximum atomic E-state index is 12.5. The molecule has 1 aromatic heterocycles. The maximum absolute atomic E-state index is 12.5. The number of rotatable bonds is 3. The highest BCUT2D eigenvalue weighted by Gasteiger charge is 2.40. The first kappa shape index (κ1) is 16.1. The average Bonchev–Trinajstić information content (AvgIpc) is 3.17. The lowest BCUT2D eigenvalue weighted by Gasteiger charge is -2.32. The first-order chi connectivity index (χ1) is 11.7. The second-order valence-corrected chi connectivity index (χ2v) is 7.77. The number of aromatic nitrogens is 2. The van der Waals surface area contributed by atoms with E-state index in [0.29, 0.717) is 17.7 Å². The fraction of sp³-hybridized carbons (Fsp3) is 0.529. The Morgan fingerprint density at radius 3 is 3.08 bits per heavy atom. The van der Waals surface area contributed by atoms with Gasteiger partial charge >= 0.3 is 0 Å². The maximum Gasteiger partial charge on any atom is 0.272 e. The Morgan fingerprint density at radius 2 is 2.25 bits per heavy atom. The van der Waals surface area contributed by atoms with Crippen molar-refractivity contribution in [3.05, 3.63) is 28.4 Å². The highest BCUT2D eigenvalue weighted by atomic mass is 79.9. The first-order valence-electron chi connectivity index (χ1n) is 8.39. The van der Waals surface area contributed by atoms with Crippen LogP contribution < -0.4 is 10.6 Å². The minimum Gasteiger partial charge on any atom is -0.376 e. The highest BCUT2D eigenvalue weighted by molar-refractivity contribution is 9.10. The lowest BCUT2D eigenvalue weighted by Crippen LogP contribution is -2.38. The molecule has 2 aliphatic heterocycles. The molecular weight excluding hydrogens is 372 g/mol. The predicted molar refractivity (Wildman–Crippen MR) is 95.0 cm³/mol. The Hall–Kier alpha value is -1.44. The largest absolute Gasteiger partial charge is 0.376 e. The number of carbonyl (C=O) groups excluding carboxylic acids is 1. The van der Waals surface area contributed by atoms with E-state index in [1.54, 1.807) is 0 Å². The topological polar surface area (TPSA) is 79.0 Å². The zero-order valence-corrected chi connectivity index (χ0v) is 15.0. The van der Waals surface area contributed by atoms with Gasteiger partial charge in [0, 0.05) is 16.4 Å².